The number of nitrogens with zero attached hydrogens (tertiary/aromatic N) is 3. The number of benzene rings is 1. The number of aromatic nitrogens is 3. The molecule has 1 atom stereocenters. The lowest BCUT2D eigenvalue weighted by Gasteiger charge is -2.14. The molecular formula is C20H24FN5O5S. The van der Waals surface area contributed by atoms with E-state index >= 15 is 0 Å². The Bertz CT molecular complexity index is 1130. The average molecular weight is 466 g/mol. The zero-order valence-corrected chi connectivity index (χ0v) is 18.3. The molecule has 1 aliphatic carbocycles. The number of ether oxygens (including phenoxy) is 1. The van der Waals surface area contributed by atoms with E-state index in [1.54, 1.807) is 19.1 Å². The van der Waals surface area contributed by atoms with Gasteiger partial charge < -0.3 is 4.74 Å². The van der Waals surface area contributed by atoms with Crippen LogP contribution in [0.5, 0.6) is 5.75 Å². The molecule has 1 aromatic heterocycles. The van der Waals surface area contributed by atoms with Crippen LogP contribution in [0.15, 0.2) is 18.2 Å². The van der Waals surface area contributed by atoms with Gasteiger partial charge in [0.1, 0.15) is 12.4 Å². The van der Waals surface area contributed by atoms with E-state index in [9.17, 15) is 22.4 Å². The summed E-state index contributed by atoms with van der Waals surface area (Å²) in [4.78, 5) is 28.1. The van der Waals surface area contributed by atoms with Crippen LogP contribution >= 0.6 is 0 Å². The van der Waals surface area contributed by atoms with E-state index in [1.807, 2.05) is 0 Å². The second kappa shape index (κ2) is 8.85. The topological polar surface area (TPSA) is 134 Å². The molecule has 10 nitrogen and oxygen atoms in total. The lowest BCUT2D eigenvalue weighted by Crippen LogP contribution is -2.28. The van der Waals surface area contributed by atoms with Crippen molar-refractivity contribution in [2.24, 2.45) is 5.92 Å². The maximum Gasteiger partial charge on any atom is 0.331 e. The van der Waals surface area contributed by atoms with Crippen LogP contribution in [-0.4, -0.2) is 60.2 Å². The predicted octanol–water partition coefficient (Wildman–Crippen LogP) is 1.55. The Balaban J connectivity index is 1.33. The van der Waals surface area contributed by atoms with Gasteiger partial charge in [-0.3, -0.25) is 20.1 Å². The first-order valence-electron chi connectivity index (χ1n) is 10.4. The lowest BCUT2D eigenvalue weighted by molar-refractivity contribution is -0.117. The molecule has 12 heteroatoms. The van der Waals surface area contributed by atoms with Gasteiger partial charge in [0, 0.05) is 6.42 Å². The fourth-order valence-corrected chi connectivity index (χ4v) is 4.99. The predicted molar refractivity (Wildman–Crippen MR) is 113 cm³/mol. The van der Waals surface area contributed by atoms with Crippen LogP contribution < -0.4 is 15.0 Å². The number of urea groups is 1. The molecule has 0 spiro atoms. The Morgan fingerprint density at radius 1 is 1.31 bits per heavy atom. The molecule has 2 heterocycles. The summed E-state index contributed by atoms with van der Waals surface area (Å²) < 4.78 is 44.8. The summed E-state index contributed by atoms with van der Waals surface area (Å²) in [6.45, 7) is 2.06. The maximum atomic E-state index is 14.0. The van der Waals surface area contributed by atoms with E-state index in [1.165, 1.54) is 6.07 Å². The Hall–Kier alpha value is -3.02. The third kappa shape index (κ3) is 5.42. The zero-order valence-electron chi connectivity index (χ0n) is 17.5. The molecule has 0 unspecified atom stereocenters. The van der Waals surface area contributed by atoms with Gasteiger partial charge in [0.05, 0.1) is 18.1 Å². The van der Waals surface area contributed by atoms with Crippen molar-refractivity contribution in [2.75, 3.05) is 29.6 Å². The Morgan fingerprint density at radius 3 is 2.78 bits per heavy atom. The van der Waals surface area contributed by atoms with Gasteiger partial charge in [-0.1, -0.05) is 13.0 Å². The quantitative estimate of drug-likeness (QED) is 0.508. The second-order valence-electron chi connectivity index (χ2n) is 8.23. The van der Waals surface area contributed by atoms with E-state index in [4.69, 9.17) is 4.74 Å². The van der Waals surface area contributed by atoms with Crippen molar-refractivity contribution in [1.29, 1.82) is 0 Å². The number of imide groups is 1. The Morgan fingerprint density at radius 2 is 2.09 bits per heavy atom. The molecule has 2 fully saturated rings. The van der Waals surface area contributed by atoms with Gasteiger partial charge in [0.2, 0.25) is 5.91 Å². The maximum absolute atomic E-state index is 14.0. The van der Waals surface area contributed by atoms with Crippen molar-refractivity contribution in [3.8, 4) is 5.75 Å². The minimum Gasteiger partial charge on any atom is -0.490 e. The summed E-state index contributed by atoms with van der Waals surface area (Å²) >= 11 is 0. The third-order valence-electron chi connectivity index (χ3n) is 5.40. The number of carbonyl (C=O) groups is 2. The number of rotatable bonds is 10. The molecule has 0 bridgehead atoms. The van der Waals surface area contributed by atoms with Crippen LogP contribution in [-0.2, 0) is 21.1 Å². The van der Waals surface area contributed by atoms with Gasteiger partial charge in [-0.2, -0.15) is 4.98 Å². The Labute approximate surface area is 184 Å². The van der Waals surface area contributed by atoms with Crippen molar-refractivity contribution in [3.63, 3.8) is 0 Å². The fourth-order valence-electron chi connectivity index (χ4n) is 3.36. The van der Waals surface area contributed by atoms with Crippen molar-refractivity contribution in [1.82, 2.24) is 20.5 Å². The minimum atomic E-state index is -3.46. The van der Waals surface area contributed by atoms with Gasteiger partial charge in [-0.25, -0.2) is 17.6 Å². The summed E-state index contributed by atoms with van der Waals surface area (Å²) in [5, 5.41) is 8.60. The number of H-pyrrole nitrogens is 1. The highest BCUT2D eigenvalue weighted by molar-refractivity contribution is 7.91. The number of nitrogens with one attached hydrogen (secondary N) is 2. The molecule has 1 aromatic carbocycles. The number of aryl methyl sites for hydroxylation is 1. The first kappa shape index (κ1) is 22.2. The summed E-state index contributed by atoms with van der Waals surface area (Å²) in [5.74, 6) is -0.633. The smallest absolute Gasteiger partial charge is 0.331 e. The lowest BCUT2D eigenvalue weighted by atomic mass is 10.0. The fraction of sp³-hybridized carbons (Fsp3) is 0.500. The monoisotopic (exact) mass is 465 g/mol. The number of anilines is 1. The molecule has 1 aliphatic heterocycles. The van der Waals surface area contributed by atoms with E-state index in [-0.39, 0.29) is 42.1 Å². The molecule has 32 heavy (non-hydrogen) atoms. The molecule has 172 valence electrons. The summed E-state index contributed by atoms with van der Waals surface area (Å²) in [6, 6.07) is 3.82. The van der Waals surface area contributed by atoms with E-state index < -0.39 is 27.6 Å². The van der Waals surface area contributed by atoms with Gasteiger partial charge >= 0.3 is 6.03 Å². The first-order chi connectivity index (χ1) is 15.2. The minimum absolute atomic E-state index is 0.0131. The Kier molecular flexibility index (Phi) is 6.13. The number of amides is 3. The van der Waals surface area contributed by atoms with Crippen LogP contribution in [0.4, 0.5) is 15.1 Å². The molecular weight excluding hydrogens is 441 g/mol. The van der Waals surface area contributed by atoms with Crippen LogP contribution in [0, 0.1) is 11.7 Å². The van der Waals surface area contributed by atoms with Gasteiger partial charge in [-0.05, 0) is 42.4 Å². The number of sulfone groups is 1. The molecule has 1 saturated heterocycles. The first-order valence-corrected chi connectivity index (χ1v) is 12.2. The number of hydrogen-bond acceptors (Lipinski definition) is 7. The highest BCUT2D eigenvalue weighted by Crippen LogP contribution is 2.31. The number of hydrogen-bond donors (Lipinski definition) is 2. The van der Waals surface area contributed by atoms with Crippen LogP contribution in [0.2, 0.25) is 0 Å². The van der Waals surface area contributed by atoms with E-state index in [0.29, 0.717) is 23.9 Å². The van der Waals surface area contributed by atoms with E-state index in [0.717, 1.165) is 17.7 Å². The molecule has 0 radical (unpaired) electrons. The number of carbonyl (C=O) groups excluding carboxylic acids is 2. The molecule has 2 aliphatic rings. The molecule has 1 saturated carbocycles. The summed E-state index contributed by atoms with van der Waals surface area (Å²) in [6.07, 6.45) is 2.25. The third-order valence-corrected chi connectivity index (χ3v) is 7.24. The number of halogens is 1. The number of aromatic amines is 1. The average Bonchev–Trinajstić information content (AvgIpc) is 3.33. The largest absolute Gasteiger partial charge is 0.490 e. The standard InChI is InChI=1S/C20H24FN5O5S/c1-12(14-4-5-15(21)16(8-14)31-10-13-2-3-13)11-32(29,30)7-6-17-22-19(25-24-17)26-9-18(27)23-20(26)28/h4-5,8,12-13H,2-3,6-7,9-11H2,1H3,(H,22,24,25)(H,23,27,28)/t12-/m0/s1. The van der Waals surface area contributed by atoms with Gasteiger partial charge in [0.15, 0.2) is 21.4 Å². The summed E-state index contributed by atoms with van der Waals surface area (Å²) in [7, 11) is -3.46. The highest BCUT2D eigenvalue weighted by atomic mass is 32.2. The molecule has 2 aromatic rings. The second-order valence-corrected chi connectivity index (χ2v) is 10.5. The van der Waals surface area contributed by atoms with Crippen LogP contribution in [0.1, 0.15) is 37.1 Å². The molecule has 4 rings (SSSR count). The van der Waals surface area contributed by atoms with Crippen molar-refractivity contribution >= 4 is 27.7 Å². The molecule has 3 amide bonds. The van der Waals surface area contributed by atoms with Crippen molar-refractivity contribution in [3.05, 3.63) is 35.4 Å². The SMILES string of the molecule is C[C@@H](CS(=O)(=O)CCc1nc(N2CC(=O)NC2=O)n[nH]1)c1ccc(F)c(OCC2CC2)c1. The highest BCUT2D eigenvalue weighted by Gasteiger charge is 2.31. The van der Waals surface area contributed by atoms with Gasteiger partial charge in [-0.15, -0.1) is 5.10 Å². The normalized spacial score (nSPS) is 17.5. The van der Waals surface area contributed by atoms with Crippen LogP contribution in [0.3, 0.4) is 0 Å². The molecule has 2 N–H and O–H groups in total. The van der Waals surface area contributed by atoms with Crippen molar-refractivity contribution < 1.29 is 27.1 Å². The zero-order chi connectivity index (χ0) is 22.9. The van der Waals surface area contributed by atoms with Crippen molar-refractivity contribution in [2.45, 2.75) is 32.1 Å². The summed E-state index contributed by atoms with van der Waals surface area (Å²) in [5.41, 5.74) is 0.687. The van der Waals surface area contributed by atoms with Crippen LogP contribution in [0.25, 0.3) is 0 Å². The van der Waals surface area contributed by atoms with Gasteiger partial charge in [0.25, 0.3) is 5.95 Å². The van der Waals surface area contributed by atoms with E-state index in [2.05, 4.69) is 20.5 Å².